The van der Waals surface area contributed by atoms with Gasteiger partial charge in [-0.05, 0) is 47.5 Å². The smallest absolute Gasteiger partial charge is 0.255 e. The van der Waals surface area contributed by atoms with Crippen molar-refractivity contribution in [3.05, 3.63) is 70.2 Å². The molecule has 23 heavy (non-hydrogen) atoms. The summed E-state index contributed by atoms with van der Waals surface area (Å²) in [6.45, 7) is 5.16. The Morgan fingerprint density at radius 3 is 2.48 bits per heavy atom. The first-order valence-electron chi connectivity index (χ1n) is 7.72. The molecular weight excluding hydrogens is 354 g/mol. The van der Waals surface area contributed by atoms with Gasteiger partial charge in [0.25, 0.3) is 5.91 Å². The molecule has 0 bridgehead atoms. The molecule has 1 unspecified atom stereocenters. The quantitative estimate of drug-likeness (QED) is 0.778. The third-order valence-electron chi connectivity index (χ3n) is 4.24. The Kier molecular flexibility index (Phi) is 4.55. The number of nitrogens with zero attached hydrogens (tertiary/aromatic N) is 1. The molecule has 0 saturated carbocycles. The van der Waals surface area contributed by atoms with Crippen LogP contribution in [-0.4, -0.2) is 29.5 Å². The zero-order chi connectivity index (χ0) is 16.4. The number of hydrogen-bond donors (Lipinski definition) is 0. The van der Waals surface area contributed by atoms with Crippen molar-refractivity contribution in [3.8, 4) is 0 Å². The summed E-state index contributed by atoms with van der Waals surface area (Å²) in [6, 6.07) is 17.6. The van der Waals surface area contributed by atoms with Gasteiger partial charge >= 0.3 is 0 Å². The number of rotatable bonds is 2. The highest BCUT2D eigenvalue weighted by Gasteiger charge is 2.39. The number of carbonyl (C=O) groups excluding carboxylic acids is 1. The molecule has 120 valence electrons. The Morgan fingerprint density at radius 2 is 1.78 bits per heavy atom. The molecule has 1 aliphatic rings. The maximum Gasteiger partial charge on any atom is 0.255 e. The maximum absolute atomic E-state index is 13.1. The predicted molar refractivity (Wildman–Crippen MR) is 94.4 cm³/mol. The first-order chi connectivity index (χ1) is 11.0. The molecule has 1 fully saturated rings. The second-order valence-corrected chi connectivity index (χ2v) is 7.27. The van der Waals surface area contributed by atoms with Gasteiger partial charge in [-0.15, -0.1) is 0 Å². The van der Waals surface area contributed by atoms with Gasteiger partial charge < -0.3 is 9.64 Å². The van der Waals surface area contributed by atoms with Gasteiger partial charge in [-0.1, -0.05) is 42.5 Å². The molecule has 4 heteroatoms. The van der Waals surface area contributed by atoms with E-state index in [1.165, 1.54) is 0 Å². The summed E-state index contributed by atoms with van der Waals surface area (Å²) in [4.78, 5) is 15.0. The summed E-state index contributed by atoms with van der Waals surface area (Å²) >= 11 is 3.48. The molecule has 1 aliphatic heterocycles. The predicted octanol–water partition coefficient (Wildman–Crippen LogP) is 4.44. The van der Waals surface area contributed by atoms with E-state index < -0.39 is 0 Å². The van der Waals surface area contributed by atoms with Crippen molar-refractivity contribution in [2.45, 2.75) is 25.5 Å². The standard InChI is InChI=1S/C19H20BrNO2/c1-19(2)13-23-17(14-8-4-3-5-9-14)12-21(19)18(22)15-10-6-7-11-16(15)20/h3-11,17H,12-13H2,1-2H3. The van der Waals surface area contributed by atoms with Gasteiger partial charge in [0.15, 0.2) is 0 Å². The number of benzene rings is 2. The number of halogens is 1. The minimum Gasteiger partial charge on any atom is -0.369 e. The normalized spacial score (nSPS) is 20.3. The lowest BCUT2D eigenvalue weighted by atomic mass is 9.97. The van der Waals surface area contributed by atoms with Crippen molar-refractivity contribution < 1.29 is 9.53 Å². The van der Waals surface area contributed by atoms with Gasteiger partial charge in [-0.3, -0.25) is 4.79 Å². The van der Waals surface area contributed by atoms with Crippen LogP contribution in [0.15, 0.2) is 59.1 Å². The van der Waals surface area contributed by atoms with Crippen LogP contribution in [0, 0.1) is 0 Å². The summed E-state index contributed by atoms with van der Waals surface area (Å²) in [5.41, 5.74) is 1.46. The van der Waals surface area contributed by atoms with E-state index in [0.717, 1.165) is 10.0 Å². The van der Waals surface area contributed by atoms with E-state index >= 15 is 0 Å². The second kappa shape index (κ2) is 6.46. The van der Waals surface area contributed by atoms with Crippen LogP contribution in [0.2, 0.25) is 0 Å². The van der Waals surface area contributed by atoms with E-state index in [2.05, 4.69) is 15.9 Å². The molecule has 2 aromatic carbocycles. The van der Waals surface area contributed by atoms with Crippen LogP contribution in [0.3, 0.4) is 0 Å². The number of amides is 1. The van der Waals surface area contributed by atoms with Gasteiger partial charge in [0.1, 0.15) is 6.10 Å². The zero-order valence-electron chi connectivity index (χ0n) is 13.3. The highest BCUT2D eigenvalue weighted by molar-refractivity contribution is 9.10. The van der Waals surface area contributed by atoms with Crippen LogP contribution >= 0.6 is 15.9 Å². The van der Waals surface area contributed by atoms with Crippen molar-refractivity contribution in [3.63, 3.8) is 0 Å². The average Bonchev–Trinajstić information content (AvgIpc) is 2.55. The zero-order valence-corrected chi connectivity index (χ0v) is 14.9. The summed E-state index contributed by atoms with van der Waals surface area (Å²) in [5.74, 6) is 0.0340. The minimum absolute atomic E-state index is 0.0340. The summed E-state index contributed by atoms with van der Waals surface area (Å²) in [7, 11) is 0. The van der Waals surface area contributed by atoms with Crippen molar-refractivity contribution in [1.82, 2.24) is 4.90 Å². The Balaban J connectivity index is 1.89. The fourth-order valence-electron chi connectivity index (χ4n) is 2.86. The Bertz CT molecular complexity index is 700. The van der Waals surface area contributed by atoms with Crippen LogP contribution in [0.1, 0.15) is 35.9 Å². The average molecular weight is 374 g/mol. The topological polar surface area (TPSA) is 29.5 Å². The van der Waals surface area contributed by atoms with Crippen molar-refractivity contribution in [2.24, 2.45) is 0 Å². The van der Waals surface area contributed by atoms with Crippen LogP contribution in [0.5, 0.6) is 0 Å². The Hall–Kier alpha value is -1.65. The van der Waals surface area contributed by atoms with Gasteiger partial charge in [-0.2, -0.15) is 0 Å². The lowest BCUT2D eigenvalue weighted by molar-refractivity contribution is -0.0846. The minimum atomic E-state index is -0.336. The molecule has 0 N–H and O–H groups in total. The lowest BCUT2D eigenvalue weighted by Gasteiger charge is -2.45. The number of carbonyl (C=O) groups is 1. The molecule has 1 heterocycles. The van der Waals surface area contributed by atoms with Crippen LogP contribution in [0.25, 0.3) is 0 Å². The third-order valence-corrected chi connectivity index (χ3v) is 4.93. The molecule has 0 radical (unpaired) electrons. The lowest BCUT2D eigenvalue weighted by Crippen LogP contribution is -2.56. The monoisotopic (exact) mass is 373 g/mol. The maximum atomic E-state index is 13.1. The Morgan fingerprint density at radius 1 is 1.13 bits per heavy atom. The first-order valence-corrected chi connectivity index (χ1v) is 8.51. The molecule has 0 aliphatic carbocycles. The van der Waals surface area contributed by atoms with Crippen molar-refractivity contribution in [1.29, 1.82) is 0 Å². The van der Waals surface area contributed by atoms with E-state index in [4.69, 9.17) is 4.74 Å². The van der Waals surface area contributed by atoms with Crippen LogP contribution in [0.4, 0.5) is 0 Å². The summed E-state index contributed by atoms with van der Waals surface area (Å²) in [5, 5.41) is 0. The van der Waals surface area contributed by atoms with E-state index in [9.17, 15) is 4.79 Å². The van der Waals surface area contributed by atoms with Gasteiger partial charge in [0.2, 0.25) is 0 Å². The highest BCUT2D eigenvalue weighted by Crippen LogP contribution is 2.32. The van der Waals surface area contributed by atoms with E-state index in [0.29, 0.717) is 18.7 Å². The largest absolute Gasteiger partial charge is 0.369 e. The molecule has 1 saturated heterocycles. The van der Waals surface area contributed by atoms with E-state index in [1.807, 2.05) is 73.3 Å². The van der Waals surface area contributed by atoms with Crippen LogP contribution in [-0.2, 0) is 4.74 Å². The number of hydrogen-bond acceptors (Lipinski definition) is 2. The fourth-order valence-corrected chi connectivity index (χ4v) is 3.31. The Labute approximate surface area is 145 Å². The van der Waals surface area contributed by atoms with E-state index in [1.54, 1.807) is 0 Å². The fraction of sp³-hybridized carbons (Fsp3) is 0.316. The molecule has 1 amide bonds. The van der Waals surface area contributed by atoms with Crippen LogP contribution < -0.4 is 0 Å². The summed E-state index contributed by atoms with van der Waals surface area (Å²) in [6.07, 6.45) is -0.0873. The molecule has 3 nitrogen and oxygen atoms in total. The van der Waals surface area contributed by atoms with E-state index in [-0.39, 0.29) is 17.6 Å². The molecule has 2 aromatic rings. The SMILES string of the molecule is CC1(C)COC(c2ccccc2)CN1C(=O)c1ccccc1Br. The number of morpholine rings is 1. The van der Waals surface area contributed by atoms with Gasteiger partial charge in [0.05, 0.1) is 24.3 Å². The highest BCUT2D eigenvalue weighted by atomic mass is 79.9. The molecule has 0 aromatic heterocycles. The molecular formula is C19H20BrNO2. The van der Waals surface area contributed by atoms with Crippen molar-refractivity contribution in [2.75, 3.05) is 13.2 Å². The summed E-state index contributed by atoms with van der Waals surface area (Å²) < 4.78 is 6.84. The van der Waals surface area contributed by atoms with Gasteiger partial charge in [0, 0.05) is 4.47 Å². The van der Waals surface area contributed by atoms with Gasteiger partial charge in [-0.25, -0.2) is 0 Å². The number of ether oxygens (including phenoxy) is 1. The molecule has 3 rings (SSSR count). The molecule has 1 atom stereocenters. The second-order valence-electron chi connectivity index (χ2n) is 6.42. The molecule has 0 spiro atoms. The third kappa shape index (κ3) is 3.33. The van der Waals surface area contributed by atoms with Crippen molar-refractivity contribution >= 4 is 21.8 Å². The first kappa shape index (κ1) is 16.2.